The van der Waals surface area contributed by atoms with Crippen molar-refractivity contribution in [2.24, 2.45) is 0 Å². The third-order valence-corrected chi connectivity index (χ3v) is 1.28. The number of nitro benzene ring substituents is 2. The Morgan fingerprint density at radius 3 is 1.46 bits per heavy atom. The molecule has 0 aliphatic heterocycles. The third kappa shape index (κ3) is 2.19. The lowest BCUT2D eigenvalue weighted by Crippen LogP contribution is -1.95. The molecule has 13 heavy (non-hydrogen) atoms. The number of nitro groups is 2. The molecule has 0 unspecified atom stereocenters. The van der Waals surface area contributed by atoms with Gasteiger partial charge >= 0.3 is 11.4 Å². The highest BCUT2D eigenvalue weighted by Gasteiger charge is 2.21. The van der Waals surface area contributed by atoms with Crippen LogP contribution in [0.25, 0.3) is 0 Å². The molecule has 6 nitrogen and oxygen atoms in total. The number of benzene rings is 1. The highest BCUT2D eigenvalue weighted by Crippen LogP contribution is 2.24. The van der Waals surface area contributed by atoms with Crippen LogP contribution in [-0.4, -0.2) is 9.85 Å². The largest absolute Gasteiger partial charge is 0.346 e. The van der Waals surface area contributed by atoms with Crippen molar-refractivity contribution in [3.63, 3.8) is 0 Å². The Kier molecular flexibility index (Phi) is 3.45. The summed E-state index contributed by atoms with van der Waals surface area (Å²) in [5.41, 5.74) is -0.968. The van der Waals surface area contributed by atoms with Gasteiger partial charge in [-0.2, -0.15) is 0 Å². The van der Waals surface area contributed by atoms with E-state index < -0.39 is 21.2 Å². The second-order valence-electron chi connectivity index (χ2n) is 2.00. The molecule has 0 saturated carbocycles. The summed E-state index contributed by atoms with van der Waals surface area (Å²) in [6.45, 7) is 0. The Labute approximate surface area is 71.5 Å². The lowest BCUT2D eigenvalue weighted by molar-refractivity contribution is -0.422. The molecule has 0 aliphatic carbocycles. The fourth-order valence-electron chi connectivity index (χ4n) is 0.773. The van der Waals surface area contributed by atoms with E-state index in [9.17, 15) is 20.2 Å². The SMILES string of the molecule is F.O=[N+]([O-])c1ccccc1[N+](=O)[O-]. The van der Waals surface area contributed by atoms with Crippen LogP contribution in [0.3, 0.4) is 0 Å². The molecule has 0 fully saturated rings. The Hall–Kier alpha value is -2.05. The Morgan fingerprint density at radius 2 is 1.23 bits per heavy atom. The fraction of sp³-hybridized carbons (Fsp3) is 0. The van der Waals surface area contributed by atoms with Crippen LogP contribution in [0, 0.1) is 20.2 Å². The van der Waals surface area contributed by atoms with Crippen molar-refractivity contribution in [2.45, 2.75) is 0 Å². The van der Waals surface area contributed by atoms with E-state index in [2.05, 4.69) is 0 Å². The van der Waals surface area contributed by atoms with Crippen molar-refractivity contribution >= 4 is 11.4 Å². The van der Waals surface area contributed by atoms with Crippen molar-refractivity contribution in [3.05, 3.63) is 44.5 Å². The van der Waals surface area contributed by atoms with Gasteiger partial charge < -0.3 is 0 Å². The number of hydrogen-bond acceptors (Lipinski definition) is 4. The summed E-state index contributed by atoms with van der Waals surface area (Å²) in [7, 11) is 0. The highest BCUT2D eigenvalue weighted by molar-refractivity contribution is 5.51. The summed E-state index contributed by atoms with van der Waals surface area (Å²) in [5, 5.41) is 20.5. The number of hydrogen-bond donors (Lipinski definition) is 0. The zero-order valence-corrected chi connectivity index (χ0v) is 6.25. The van der Waals surface area contributed by atoms with E-state index in [1.165, 1.54) is 12.1 Å². The van der Waals surface area contributed by atoms with E-state index in [4.69, 9.17) is 0 Å². The molecular weight excluding hydrogens is 183 g/mol. The molecule has 70 valence electrons. The molecule has 0 aromatic heterocycles. The molecule has 0 atom stereocenters. The lowest BCUT2D eigenvalue weighted by atomic mass is 10.3. The molecule has 0 aliphatic rings. The average Bonchev–Trinajstić information content (AvgIpc) is 2.04. The summed E-state index contributed by atoms with van der Waals surface area (Å²) in [6, 6.07) is 4.95. The molecular formula is C6H5FN2O4. The van der Waals surface area contributed by atoms with Gasteiger partial charge in [-0.1, -0.05) is 12.1 Å². The smallest absolute Gasteiger partial charge is 0.269 e. The van der Waals surface area contributed by atoms with Gasteiger partial charge in [0.1, 0.15) is 0 Å². The van der Waals surface area contributed by atoms with Gasteiger partial charge in [-0.15, -0.1) is 0 Å². The summed E-state index contributed by atoms with van der Waals surface area (Å²) in [6.07, 6.45) is 0. The monoisotopic (exact) mass is 188 g/mol. The summed E-state index contributed by atoms with van der Waals surface area (Å²) < 4.78 is 0. The predicted molar refractivity (Wildman–Crippen MR) is 42.3 cm³/mol. The predicted octanol–water partition coefficient (Wildman–Crippen LogP) is 1.66. The van der Waals surface area contributed by atoms with E-state index in [0.717, 1.165) is 12.1 Å². The maximum absolute atomic E-state index is 10.2. The standard InChI is InChI=1S/C6H4N2O4.FH/c9-7(10)5-3-1-2-4-6(5)8(11)12;/h1-4H;1H. The van der Waals surface area contributed by atoms with Crippen molar-refractivity contribution in [1.82, 2.24) is 0 Å². The van der Waals surface area contributed by atoms with Gasteiger partial charge in [0.25, 0.3) is 0 Å². The summed E-state index contributed by atoms with van der Waals surface area (Å²) in [4.78, 5) is 18.9. The summed E-state index contributed by atoms with van der Waals surface area (Å²) in [5.74, 6) is 0. The molecule has 1 rings (SSSR count). The van der Waals surface area contributed by atoms with Crippen LogP contribution in [0.1, 0.15) is 0 Å². The van der Waals surface area contributed by atoms with Gasteiger partial charge in [0.2, 0.25) is 0 Å². The van der Waals surface area contributed by atoms with Gasteiger partial charge in [0, 0.05) is 12.1 Å². The molecule has 0 saturated heterocycles. The van der Waals surface area contributed by atoms with Crippen LogP contribution in [-0.2, 0) is 0 Å². The van der Waals surface area contributed by atoms with E-state index in [-0.39, 0.29) is 4.70 Å². The van der Waals surface area contributed by atoms with Crippen LogP contribution >= 0.6 is 0 Å². The zero-order valence-electron chi connectivity index (χ0n) is 6.25. The van der Waals surface area contributed by atoms with Crippen LogP contribution in [0.4, 0.5) is 16.1 Å². The van der Waals surface area contributed by atoms with E-state index in [1.54, 1.807) is 0 Å². The van der Waals surface area contributed by atoms with Crippen LogP contribution in [0.2, 0.25) is 0 Å². The summed E-state index contributed by atoms with van der Waals surface area (Å²) >= 11 is 0. The van der Waals surface area contributed by atoms with E-state index >= 15 is 0 Å². The second-order valence-corrected chi connectivity index (χ2v) is 2.00. The minimum Gasteiger partial charge on any atom is -0.269 e. The van der Waals surface area contributed by atoms with Crippen LogP contribution in [0.15, 0.2) is 24.3 Å². The maximum atomic E-state index is 10.2. The average molecular weight is 188 g/mol. The molecule has 0 bridgehead atoms. The van der Waals surface area contributed by atoms with Gasteiger partial charge in [0.15, 0.2) is 0 Å². The topological polar surface area (TPSA) is 86.3 Å². The van der Waals surface area contributed by atoms with E-state index in [0.29, 0.717) is 0 Å². The molecule has 1 aromatic carbocycles. The first-order chi connectivity index (χ1) is 5.63. The van der Waals surface area contributed by atoms with Gasteiger partial charge in [-0.3, -0.25) is 24.9 Å². The molecule has 1 aromatic rings. The number of halogens is 1. The van der Waals surface area contributed by atoms with Crippen molar-refractivity contribution in [1.29, 1.82) is 0 Å². The Bertz CT molecular complexity index is 308. The third-order valence-electron chi connectivity index (χ3n) is 1.28. The molecule has 0 spiro atoms. The Morgan fingerprint density at radius 1 is 0.923 bits per heavy atom. The van der Waals surface area contributed by atoms with Gasteiger partial charge in [-0.05, 0) is 0 Å². The normalized spacial score (nSPS) is 8.62. The maximum Gasteiger partial charge on any atom is 0.346 e. The molecule has 0 N–H and O–H groups in total. The minimum atomic E-state index is -0.780. The molecule has 0 radical (unpaired) electrons. The first-order valence-corrected chi connectivity index (χ1v) is 3.00. The van der Waals surface area contributed by atoms with Gasteiger partial charge in [-0.25, -0.2) is 0 Å². The van der Waals surface area contributed by atoms with Crippen LogP contribution in [0.5, 0.6) is 0 Å². The quantitative estimate of drug-likeness (QED) is 0.521. The fourth-order valence-corrected chi connectivity index (χ4v) is 0.773. The molecule has 0 amide bonds. The lowest BCUT2D eigenvalue weighted by Gasteiger charge is -1.91. The minimum absolute atomic E-state index is 0. The first-order valence-electron chi connectivity index (χ1n) is 3.00. The van der Waals surface area contributed by atoms with Gasteiger partial charge in [0.05, 0.1) is 9.85 Å². The number of nitrogens with zero attached hydrogens (tertiary/aromatic N) is 2. The Balaban J connectivity index is 0.00000144. The van der Waals surface area contributed by atoms with Crippen molar-refractivity contribution < 1.29 is 14.6 Å². The first kappa shape index (κ1) is 11.0. The molecule has 7 heteroatoms. The van der Waals surface area contributed by atoms with Crippen molar-refractivity contribution in [3.8, 4) is 0 Å². The zero-order chi connectivity index (χ0) is 9.14. The van der Waals surface area contributed by atoms with Crippen LogP contribution < -0.4 is 0 Å². The van der Waals surface area contributed by atoms with Crippen molar-refractivity contribution in [2.75, 3.05) is 0 Å². The highest BCUT2D eigenvalue weighted by atomic mass is 19.0. The second kappa shape index (κ2) is 4.10. The van der Waals surface area contributed by atoms with E-state index in [1.807, 2.05) is 0 Å². The number of rotatable bonds is 2. The number of para-hydroxylation sites is 2. The molecule has 0 heterocycles.